The molecule has 5 nitrogen and oxygen atoms in total. The molecule has 0 spiro atoms. The van der Waals surface area contributed by atoms with Crippen LogP contribution in [0.15, 0.2) is 4.40 Å². The Bertz CT molecular complexity index is 206. The molecule has 0 heterocycles. The van der Waals surface area contributed by atoms with Crippen molar-refractivity contribution >= 4 is 27.1 Å². The molecule has 0 saturated heterocycles. The molecule has 0 aliphatic carbocycles. The first-order valence-corrected chi connectivity index (χ1v) is 4.60. The van der Waals surface area contributed by atoms with E-state index in [2.05, 4.69) is 9.54 Å². The Morgan fingerprint density at radius 3 is 2.22 bits per heavy atom. The topological polar surface area (TPSA) is 98.5 Å². The van der Waals surface area contributed by atoms with E-state index in [4.69, 9.17) is 5.73 Å². The van der Waals surface area contributed by atoms with Crippen LogP contribution in [-0.2, 0) is 10.2 Å². The minimum atomic E-state index is -3.79. The molecule has 54 valence electrons. The molecular weight excluding hydrogens is 162 g/mol. The average molecular weight is 169 g/mol. The molecule has 0 unspecified atom stereocenters. The number of hydrogen-bond acceptors (Lipinski definition) is 3. The minimum absolute atomic E-state index is 0.0579. The molecule has 0 rings (SSSR count). The second-order valence-electron chi connectivity index (χ2n) is 1.15. The predicted octanol–water partition coefficient (Wildman–Crippen LogP) is -1.13. The molecule has 0 aromatic rings. The monoisotopic (exact) mass is 169 g/mol. The Balaban J connectivity index is 4.32. The lowest BCUT2D eigenvalue weighted by Crippen LogP contribution is -2.15. The lowest BCUT2D eigenvalue weighted by Gasteiger charge is -1.89. The van der Waals surface area contributed by atoms with Gasteiger partial charge in [0.15, 0.2) is 5.17 Å². The SMILES string of the molecule is CS/C(N)=N\S(N)(=O)=O. The van der Waals surface area contributed by atoms with Crippen LogP contribution in [0.25, 0.3) is 0 Å². The second-order valence-corrected chi connectivity index (χ2v) is 3.19. The molecule has 0 amide bonds. The Hall–Kier alpha value is -0.270. The lowest BCUT2D eigenvalue weighted by molar-refractivity contribution is 0.600. The van der Waals surface area contributed by atoms with Gasteiger partial charge >= 0.3 is 10.2 Å². The summed E-state index contributed by atoms with van der Waals surface area (Å²) < 4.78 is 23.1. The highest BCUT2D eigenvalue weighted by molar-refractivity contribution is 8.13. The Morgan fingerprint density at radius 2 is 2.11 bits per heavy atom. The minimum Gasteiger partial charge on any atom is -0.378 e. The highest BCUT2D eigenvalue weighted by atomic mass is 32.2. The van der Waals surface area contributed by atoms with Crippen LogP contribution in [0.1, 0.15) is 0 Å². The third-order valence-electron chi connectivity index (χ3n) is 0.426. The van der Waals surface area contributed by atoms with Crippen LogP contribution in [0, 0.1) is 0 Å². The van der Waals surface area contributed by atoms with E-state index >= 15 is 0 Å². The van der Waals surface area contributed by atoms with Crippen molar-refractivity contribution in [2.24, 2.45) is 15.3 Å². The first kappa shape index (κ1) is 8.73. The lowest BCUT2D eigenvalue weighted by atomic mass is 11.4. The molecule has 9 heavy (non-hydrogen) atoms. The van der Waals surface area contributed by atoms with Gasteiger partial charge in [-0.2, -0.15) is 8.42 Å². The van der Waals surface area contributed by atoms with E-state index in [-0.39, 0.29) is 5.17 Å². The van der Waals surface area contributed by atoms with E-state index in [1.807, 2.05) is 0 Å². The van der Waals surface area contributed by atoms with Crippen molar-refractivity contribution in [1.29, 1.82) is 0 Å². The van der Waals surface area contributed by atoms with Gasteiger partial charge in [-0.3, -0.25) is 0 Å². The fourth-order valence-electron chi connectivity index (χ4n) is 0.163. The Morgan fingerprint density at radius 1 is 1.67 bits per heavy atom. The van der Waals surface area contributed by atoms with Crippen molar-refractivity contribution in [3.63, 3.8) is 0 Å². The van der Waals surface area contributed by atoms with Crippen LogP contribution in [0.4, 0.5) is 0 Å². The summed E-state index contributed by atoms with van der Waals surface area (Å²) >= 11 is 1.02. The number of amidine groups is 1. The van der Waals surface area contributed by atoms with E-state index in [0.717, 1.165) is 11.8 Å². The van der Waals surface area contributed by atoms with Crippen molar-refractivity contribution < 1.29 is 8.42 Å². The molecule has 0 aliphatic heterocycles. The number of nitrogens with two attached hydrogens (primary N) is 2. The average Bonchev–Trinajstić information content (AvgIpc) is 1.62. The normalized spacial score (nSPS) is 13.8. The van der Waals surface area contributed by atoms with Gasteiger partial charge in [0.1, 0.15) is 0 Å². The van der Waals surface area contributed by atoms with Crippen LogP contribution in [0.5, 0.6) is 0 Å². The molecule has 0 aliphatic rings. The van der Waals surface area contributed by atoms with Crippen LogP contribution in [0.2, 0.25) is 0 Å². The quantitative estimate of drug-likeness (QED) is 0.383. The summed E-state index contributed by atoms with van der Waals surface area (Å²) in [6.07, 6.45) is 1.60. The van der Waals surface area contributed by atoms with E-state index in [1.165, 1.54) is 0 Å². The van der Waals surface area contributed by atoms with Gasteiger partial charge in [-0.15, -0.1) is 4.40 Å². The summed E-state index contributed by atoms with van der Waals surface area (Å²) in [7, 11) is -3.79. The second kappa shape index (κ2) is 3.04. The standard InChI is InChI=1S/C2H7N3O2S2/c1-8-2(3)5-9(4,6)7/h1H3,(H2,3,5)(H2,4,6,7). The van der Waals surface area contributed by atoms with E-state index in [0.29, 0.717) is 0 Å². The van der Waals surface area contributed by atoms with Gasteiger partial charge < -0.3 is 5.73 Å². The first-order valence-electron chi connectivity index (χ1n) is 1.88. The van der Waals surface area contributed by atoms with Crippen molar-refractivity contribution in [2.45, 2.75) is 0 Å². The summed E-state index contributed by atoms with van der Waals surface area (Å²) in [5.74, 6) is 0. The van der Waals surface area contributed by atoms with Gasteiger partial charge in [-0.1, -0.05) is 11.8 Å². The van der Waals surface area contributed by atoms with Crippen molar-refractivity contribution in [3.05, 3.63) is 0 Å². The van der Waals surface area contributed by atoms with Gasteiger partial charge in [-0.25, -0.2) is 5.14 Å². The highest BCUT2D eigenvalue weighted by Gasteiger charge is 1.97. The zero-order valence-corrected chi connectivity index (χ0v) is 6.37. The van der Waals surface area contributed by atoms with Gasteiger partial charge in [0.2, 0.25) is 0 Å². The third kappa shape index (κ3) is 5.60. The number of thioether (sulfide) groups is 1. The van der Waals surface area contributed by atoms with E-state index in [9.17, 15) is 8.42 Å². The summed E-state index contributed by atoms with van der Waals surface area (Å²) in [6, 6.07) is 0. The van der Waals surface area contributed by atoms with Gasteiger partial charge in [0, 0.05) is 0 Å². The summed E-state index contributed by atoms with van der Waals surface area (Å²) in [5, 5.41) is 4.45. The summed E-state index contributed by atoms with van der Waals surface area (Å²) in [5.41, 5.74) is 5.01. The maximum Gasteiger partial charge on any atom is 0.319 e. The molecular formula is C2H7N3O2S2. The molecule has 4 N–H and O–H groups in total. The Kier molecular flexibility index (Phi) is 2.95. The van der Waals surface area contributed by atoms with Crippen LogP contribution in [0.3, 0.4) is 0 Å². The molecule has 0 radical (unpaired) electrons. The molecule has 0 saturated carbocycles. The molecule has 0 fully saturated rings. The van der Waals surface area contributed by atoms with Crippen LogP contribution in [-0.4, -0.2) is 19.8 Å². The van der Waals surface area contributed by atoms with Crippen molar-refractivity contribution in [3.8, 4) is 0 Å². The third-order valence-corrected chi connectivity index (χ3v) is 1.50. The van der Waals surface area contributed by atoms with Crippen LogP contribution >= 0.6 is 11.8 Å². The van der Waals surface area contributed by atoms with Crippen molar-refractivity contribution in [1.82, 2.24) is 0 Å². The number of rotatable bonds is 1. The van der Waals surface area contributed by atoms with E-state index < -0.39 is 10.2 Å². The zero-order chi connectivity index (χ0) is 7.49. The maximum absolute atomic E-state index is 10.1. The van der Waals surface area contributed by atoms with Gasteiger partial charge in [0.25, 0.3) is 0 Å². The van der Waals surface area contributed by atoms with Crippen molar-refractivity contribution in [2.75, 3.05) is 6.26 Å². The molecule has 0 aromatic heterocycles. The molecule has 0 atom stereocenters. The number of hydrogen-bond donors (Lipinski definition) is 2. The fourth-order valence-corrected chi connectivity index (χ4v) is 1.02. The molecule has 0 aromatic carbocycles. The Labute approximate surface area is 57.7 Å². The van der Waals surface area contributed by atoms with Crippen LogP contribution < -0.4 is 10.9 Å². The fraction of sp³-hybridized carbons (Fsp3) is 0.500. The zero-order valence-electron chi connectivity index (χ0n) is 4.73. The number of nitrogens with zero attached hydrogens (tertiary/aromatic N) is 1. The van der Waals surface area contributed by atoms with E-state index in [1.54, 1.807) is 6.26 Å². The summed E-state index contributed by atoms with van der Waals surface area (Å²) in [4.78, 5) is 0. The molecule has 0 bridgehead atoms. The largest absolute Gasteiger partial charge is 0.378 e. The highest BCUT2D eigenvalue weighted by Crippen LogP contribution is 1.92. The first-order chi connectivity index (χ1) is 3.95. The maximum atomic E-state index is 10.1. The predicted molar refractivity (Wildman–Crippen MR) is 38.2 cm³/mol. The summed E-state index contributed by atoms with van der Waals surface area (Å²) in [6.45, 7) is 0. The van der Waals surface area contributed by atoms with Gasteiger partial charge in [0.05, 0.1) is 0 Å². The molecule has 7 heteroatoms. The smallest absolute Gasteiger partial charge is 0.319 e. The van der Waals surface area contributed by atoms with Gasteiger partial charge in [-0.05, 0) is 6.26 Å².